The summed E-state index contributed by atoms with van der Waals surface area (Å²) in [7, 11) is 0. The largest absolute Gasteiger partial charge is 0.379 e. The third-order valence-corrected chi connectivity index (χ3v) is 6.51. The molecule has 4 rings (SSSR count). The average molecular weight is 414 g/mol. The van der Waals surface area contributed by atoms with Crippen LogP contribution in [-0.2, 0) is 16.0 Å². The predicted molar refractivity (Wildman–Crippen MR) is 112 cm³/mol. The first kappa shape index (κ1) is 20.0. The molecule has 154 valence electrons. The highest BCUT2D eigenvalue weighted by Gasteiger charge is 2.37. The van der Waals surface area contributed by atoms with E-state index in [2.05, 4.69) is 4.98 Å². The summed E-state index contributed by atoms with van der Waals surface area (Å²) in [6, 6.07) is 5.82. The highest BCUT2D eigenvalue weighted by Crippen LogP contribution is 2.23. The van der Waals surface area contributed by atoms with Crippen molar-refractivity contribution in [2.24, 2.45) is 5.92 Å². The van der Waals surface area contributed by atoms with Crippen LogP contribution in [0.25, 0.3) is 0 Å². The van der Waals surface area contributed by atoms with Crippen molar-refractivity contribution in [2.75, 3.05) is 32.8 Å². The average Bonchev–Trinajstić information content (AvgIpc) is 2.87. The summed E-state index contributed by atoms with van der Waals surface area (Å²) < 4.78 is 5.82. The Labute approximate surface area is 175 Å². The monoisotopic (exact) mass is 413 g/mol. The predicted octanol–water partition coefficient (Wildman–Crippen LogP) is 2.61. The molecule has 2 aromatic rings. The van der Waals surface area contributed by atoms with Gasteiger partial charge in [-0.2, -0.15) is 0 Å². The molecule has 7 heteroatoms. The second kappa shape index (κ2) is 8.24. The van der Waals surface area contributed by atoms with Gasteiger partial charge in [-0.15, -0.1) is 11.3 Å². The number of carbonyl (C=O) groups excluding carboxylic acids is 2. The van der Waals surface area contributed by atoms with Crippen LogP contribution in [0.5, 0.6) is 0 Å². The molecule has 2 amide bonds. The molecule has 2 aliphatic heterocycles. The normalized spacial score (nSPS) is 21.8. The van der Waals surface area contributed by atoms with E-state index in [0.717, 1.165) is 27.4 Å². The van der Waals surface area contributed by atoms with Gasteiger partial charge in [-0.1, -0.05) is 17.7 Å². The van der Waals surface area contributed by atoms with Crippen LogP contribution >= 0.6 is 11.3 Å². The zero-order valence-electron chi connectivity index (χ0n) is 17.2. The van der Waals surface area contributed by atoms with Gasteiger partial charge in [0.15, 0.2) is 0 Å². The lowest BCUT2D eigenvalue weighted by Crippen LogP contribution is -2.48. The molecule has 29 heavy (non-hydrogen) atoms. The van der Waals surface area contributed by atoms with Crippen molar-refractivity contribution in [3.63, 3.8) is 0 Å². The minimum Gasteiger partial charge on any atom is -0.379 e. The maximum atomic E-state index is 13.3. The summed E-state index contributed by atoms with van der Waals surface area (Å²) in [6.07, 6.45) is 0.304. The third kappa shape index (κ3) is 4.36. The van der Waals surface area contributed by atoms with Gasteiger partial charge >= 0.3 is 0 Å². The summed E-state index contributed by atoms with van der Waals surface area (Å²) in [5, 5.41) is 2.92. The molecule has 1 aromatic carbocycles. The molecule has 0 saturated carbocycles. The summed E-state index contributed by atoms with van der Waals surface area (Å²) >= 11 is 1.56. The molecule has 2 bridgehead atoms. The standard InChI is InChI=1S/C22H27N3O3S/c1-14-4-5-20(15(2)6-14)22(27)24-8-17-9-25(19(10-24)12-28-11-17)21(26)7-18-13-29-16(3)23-18/h4-6,13,17,19H,7-12H2,1-3H3/t17-,19-/m0/s1. The molecule has 0 N–H and O–H groups in total. The van der Waals surface area contributed by atoms with Gasteiger partial charge in [0.1, 0.15) is 0 Å². The number of hydrogen-bond acceptors (Lipinski definition) is 5. The number of amides is 2. The SMILES string of the molecule is Cc1ccc(C(=O)N2C[C@@H]3COC[C@H](C2)N(C(=O)Cc2csc(C)n2)C3)c(C)c1. The Bertz CT molecular complexity index is 926. The van der Waals surface area contributed by atoms with E-state index in [9.17, 15) is 9.59 Å². The van der Waals surface area contributed by atoms with Crippen LogP contribution in [0.1, 0.15) is 32.2 Å². The number of hydrogen-bond donors (Lipinski definition) is 0. The quantitative estimate of drug-likeness (QED) is 0.776. The Morgan fingerprint density at radius 1 is 1.17 bits per heavy atom. The van der Waals surface area contributed by atoms with Gasteiger partial charge in [-0.25, -0.2) is 4.98 Å². The van der Waals surface area contributed by atoms with Crippen molar-refractivity contribution in [2.45, 2.75) is 33.2 Å². The smallest absolute Gasteiger partial charge is 0.254 e. The molecule has 0 unspecified atom stereocenters. The molecule has 3 heterocycles. The van der Waals surface area contributed by atoms with Gasteiger partial charge in [0.2, 0.25) is 5.91 Å². The number of fused-ring (bicyclic) bond motifs is 3. The number of aryl methyl sites for hydroxylation is 3. The first-order valence-corrected chi connectivity index (χ1v) is 10.9. The number of nitrogens with zero attached hydrogens (tertiary/aromatic N) is 3. The first-order chi connectivity index (χ1) is 13.9. The number of aromatic nitrogens is 1. The van der Waals surface area contributed by atoms with Gasteiger partial charge in [0.05, 0.1) is 36.4 Å². The zero-order chi connectivity index (χ0) is 20.5. The van der Waals surface area contributed by atoms with Gasteiger partial charge < -0.3 is 14.5 Å². The molecular weight excluding hydrogens is 386 g/mol. The van der Waals surface area contributed by atoms with Crippen LogP contribution in [0.2, 0.25) is 0 Å². The van der Waals surface area contributed by atoms with Crippen molar-refractivity contribution < 1.29 is 14.3 Å². The van der Waals surface area contributed by atoms with Crippen LogP contribution < -0.4 is 0 Å². The van der Waals surface area contributed by atoms with Crippen molar-refractivity contribution >= 4 is 23.2 Å². The van der Waals surface area contributed by atoms with Crippen molar-refractivity contribution in [3.05, 3.63) is 51.0 Å². The van der Waals surface area contributed by atoms with E-state index in [-0.39, 0.29) is 23.8 Å². The van der Waals surface area contributed by atoms with Crippen molar-refractivity contribution in [1.29, 1.82) is 0 Å². The van der Waals surface area contributed by atoms with Gasteiger partial charge in [0, 0.05) is 36.5 Å². The molecule has 6 nitrogen and oxygen atoms in total. The summed E-state index contributed by atoms with van der Waals surface area (Å²) in [6.45, 7) is 8.75. The molecule has 2 aliphatic rings. The summed E-state index contributed by atoms with van der Waals surface area (Å²) in [5.74, 6) is 0.235. The maximum absolute atomic E-state index is 13.3. The van der Waals surface area contributed by atoms with Crippen LogP contribution in [0.3, 0.4) is 0 Å². The maximum Gasteiger partial charge on any atom is 0.254 e. The van der Waals surface area contributed by atoms with E-state index >= 15 is 0 Å². The third-order valence-electron chi connectivity index (χ3n) is 5.69. The second-order valence-electron chi connectivity index (χ2n) is 8.17. The van der Waals surface area contributed by atoms with E-state index in [1.54, 1.807) is 11.3 Å². The van der Waals surface area contributed by atoms with Crippen LogP contribution in [0, 0.1) is 26.7 Å². The van der Waals surface area contributed by atoms with E-state index in [1.165, 1.54) is 0 Å². The Kier molecular flexibility index (Phi) is 5.69. The summed E-state index contributed by atoms with van der Waals surface area (Å²) in [4.78, 5) is 34.6. The minimum atomic E-state index is -0.121. The Morgan fingerprint density at radius 2 is 2.00 bits per heavy atom. The number of ether oxygens (including phenoxy) is 1. The second-order valence-corrected chi connectivity index (χ2v) is 9.23. The van der Waals surface area contributed by atoms with E-state index < -0.39 is 0 Å². The van der Waals surface area contributed by atoms with Crippen LogP contribution in [0.15, 0.2) is 23.6 Å². The fourth-order valence-corrected chi connectivity index (χ4v) is 4.90. The topological polar surface area (TPSA) is 62.7 Å². The van der Waals surface area contributed by atoms with E-state index in [0.29, 0.717) is 39.3 Å². The molecule has 0 radical (unpaired) electrons. The number of carbonyl (C=O) groups is 2. The molecular formula is C22H27N3O3S. The van der Waals surface area contributed by atoms with E-state index in [1.807, 2.05) is 54.2 Å². The molecule has 0 aliphatic carbocycles. The molecule has 2 saturated heterocycles. The Hall–Kier alpha value is -2.25. The number of rotatable bonds is 3. The van der Waals surface area contributed by atoms with Gasteiger partial charge in [-0.3, -0.25) is 9.59 Å². The van der Waals surface area contributed by atoms with Gasteiger partial charge in [-0.05, 0) is 32.4 Å². The first-order valence-electron chi connectivity index (χ1n) is 10.1. The fraction of sp³-hybridized carbons (Fsp3) is 0.500. The fourth-order valence-electron chi connectivity index (χ4n) is 4.28. The molecule has 1 aromatic heterocycles. The summed E-state index contributed by atoms with van der Waals surface area (Å²) in [5.41, 5.74) is 3.70. The lowest BCUT2D eigenvalue weighted by Gasteiger charge is -2.31. The highest BCUT2D eigenvalue weighted by atomic mass is 32.1. The van der Waals surface area contributed by atoms with Crippen LogP contribution in [-0.4, -0.2) is 65.5 Å². The van der Waals surface area contributed by atoms with Crippen molar-refractivity contribution in [1.82, 2.24) is 14.8 Å². The number of benzene rings is 1. The molecule has 2 atom stereocenters. The van der Waals surface area contributed by atoms with Crippen LogP contribution in [0.4, 0.5) is 0 Å². The Morgan fingerprint density at radius 3 is 2.72 bits per heavy atom. The highest BCUT2D eigenvalue weighted by molar-refractivity contribution is 7.09. The Balaban J connectivity index is 1.53. The number of thiazole rings is 1. The minimum absolute atomic E-state index is 0.0452. The van der Waals surface area contributed by atoms with E-state index in [4.69, 9.17) is 4.74 Å². The van der Waals surface area contributed by atoms with Gasteiger partial charge in [0.25, 0.3) is 5.91 Å². The molecule has 2 fully saturated rings. The molecule has 0 spiro atoms. The lowest BCUT2D eigenvalue weighted by atomic mass is 10.0. The lowest BCUT2D eigenvalue weighted by molar-refractivity contribution is -0.133. The zero-order valence-corrected chi connectivity index (χ0v) is 18.0. The van der Waals surface area contributed by atoms with Crippen molar-refractivity contribution in [3.8, 4) is 0 Å².